The van der Waals surface area contributed by atoms with Crippen LogP contribution in [0.2, 0.25) is 0 Å². The van der Waals surface area contributed by atoms with E-state index in [9.17, 15) is 0 Å². The van der Waals surface area contributed by atoms with Gasteiger partial charge in [0.2, 0.25) is 0 Å². The van der Waals surface area contributed by atoms with E-state index in [1.165, 1.54) is 5.06 Å². The summed E-state index contributed by atoms with van der Waals surface area (Å²) in [4.78, 5) is 0. The van der Waals surface area contributed by atoms with Gasteiger partial charge in [0.05, 0.1) is 10.7 Å². The highest BCUT2D eigenvalue weighted by atomic mass is 32.2. The predicted molar refractivity (Wildman–Crippen MR) is 36.1 cm³/mol. The SMILES string of the molecule is ON1C2CSC1CS2. The Morgan fingerprint density at radius 2 is 1.75 bits per heavy atom. The van der Waals surface area contributed by atoms with Crippen molar-refractivity contribution in [3.05, 3.63) is 0 Å². The minimum absolute atomic E-state index is 0.407. The van der Waals surface area contributed by atoms with Gasteiger partial charge in [-0.05, 0) is 0 Å². The zero-order valence-electron chi connectivity index (χ0n) is 4.28. The Labute approximate surface area is 56.6 Å². The van der Waals surface area contributed by atoms with E-state index in [1.54, 1.807) is 0 Å². The molecular weight excluding hydrogens is 142 g/mol. The van der Waals surface area contributed by atoms with Gasteiger partial charge in [0.25, 0.3) is 0 Å². The normalized spacial score (nSPS) is 46.1. The van der Waals surface area contributed by atoms with Crippen molar-refractivity contribution < 1.29 is 5.21 Å². The molecule has 2 nitrogen and oxygen atoms in total. The van der Waals surface area contributed by atoms with Gasteiger partial charge < -0.3 is 5.21 Å². The van der Waals surface area contributed by atoms with Gasteiger partial charge in [0.1, 0.15) is 0 Å². The molecule has 0 aliphatic carbocycles. The second kappa shape index (κ2) is 1.80. The van der Waals surface area contributed by atoms with Crippen LogP contribution in [0.5, 0.6) is 0 Å². The van der Waals surface area contributed by atoms with Crippen molar-refractivity contribution in [1.82, 2.24) is 5.06 Å². The number of thioether (sulfide) groups is 2. The van der Waals surface area contributed by atoms with Crippen LogP contribution in [0, 0.1) is 0 Å². The lowest BCUT2D eigenvalue weighted by Crippen LogP contribution is -2.23. The highest BCUT2D eigenvalue weighted by Gasteiger charge is 2.39. The Bertz CT molecular complexity index is 90.2. The first-order valence-corrected chi connectivity index (χ1v) is 4.68. The molecule has 0 aromatic rings. The fourth-order valence-corrected chi connectivity index (χ4v) is 3.97. The zero-order chi connectivity index (χ0) is 5.56. The summed E-state index contributed by atoms with van der Waals surface area (Å²) >= 11 is 3.71. The topological polar surface area (TPSA) is 23.5 Å². The van der Waals surface area contributed by atoms with Crippen molar-refractivity contribution in [2.24, 2.45) is 0 Å². The van der Waals surface area contributed by atoms with Gasteiger partial charge in [-0.3, -0.25) is 0 Å². The number of hydrogen-bond donors (Lipinski definition) is 1. The standard InChI is InChI=1S/C4H7NOS2/c6-5-3-1-7-4(5)2-8-3/h3-4,6H,1-2H2. The minimum atomic E-state index is 0.407. The summed E-state index contributed by atoms with van der Waals surface area (Å²) < 4.78 is 0. The lowest BCUT2D eigenvalue weighted by atomic mass is 10.6. The molecule has 2 atom stereocenters. The molecule has 0 radical (unpaired) electrons. The van der Waals surface area contributed by atoms with Crippen LogP contribution in [0.15, 0.2) is 0 Å². The summed E-state index contributed by atoms with van der Waals surface area (Å²) in [5.74, 6) is 2.21. The van der Waals surface area contributed by atoms with E-state index in [2.05, 4.69) is 0 Å². The second-order valence-electron chi connectivity index (χ2n) is 1.96. The molecule has 2 unspecified atom stereocenters. The van der Waals surface area contributed by atoms with E-state index < -0.39 is 0 Å². The third-order valence-corrected chi connectivity index (χ3v) is 4.43. The Kier molecular flexibility index (Phi) is 1.22. The van der Waals surface area contributed by atoms with E-state index in [0.29, 0.717) is 10.7 Å². The molecule has 8 heavy (non-hydrogen) atoms. The lowest BCUT2D eigenvalue weighted by Gasteiger charge is -2.07. The van der Waals surface area contributed by atoms with E-state index in [0.717, 1.165) is 11.5 Å². The molecule has 2 aliphatic heterocycles. The van der Waals surface area contributed by atoms with Crippen LogP contribution >= 0.6 is 23.5 Å². The van der Waals surface area contributed by atoms with E-state index in [-0.39, 0.29) is 0 Å². The van der Waals surface area contributed by atoms with Gasteiger partial charge in [-0.15, -0.1) is 23.5 Å². The van der Waals surface area contributed by atoms with Gasteiger partial charge >= 0.3 is 0 Å². The van der Waals surface area contributed by atoms with Crippen molar-refractivity contribution in [3.8, 4) is 0 Å². The van der Waals surface area contributed by atoms with E-state index in [4.69, 9.17) is 5.21 Å². The van der Waals surface area contributed by atoms with Crippen LogP contribution in [0.25, 0.3) is 0 Å². The summed E-state index contributed by atoms with van der Waals surface area (Å²) in [7, 11) is 0. The molecule has 2 bridgehead atoms. The van der Waals surface area contributed by atoms with Gasteiger partial charge in [0.15, 0.2) is 0 Å². The maximum atomic E-state index is 9.12. The molecule has 2 heterocycles. The Morgan fingerprint density at radius 3 is 1.88 bits per heavy atom. The quantitative estimate of drug-likeness (QED) is 0.551. The molecule has 2 fully saturated rings. The Balaban J connectivity index is 2.16. The zero-order valence-corrected chi connectivity index (χ0v) is 5.91. The number of hydroxylamine groups is 2. The molecule has 1 N–H and O–H groups in total. The second-order valence-corrected chi connectivity index (χ2v) is 4.38. The van der Waals surface area contributed by atoms with Crippen molar-refractivity contribution in [2.75, 3.05) is 11.5 Å². The van der Waals surface area contributed by atoms with Crippen molar-refractivity contribution in [2.45, 2.75) is 10.7 Å². The minimum Gasteiger partial charge on any atom is -0.312 e. The molecule has 2 saturated heterocycles. The average Bonchev–Trinajstić information content (AvgIpc) is 2.29. The van der Waals surface area contributed by atoms with Crippen molar-refractivity contribution >= 4 is 23.5 Å². The largest absolute Gasteiger partial charge is 0.312 e. The number of nitrogens with zero attached hydrogens (tertiary/aromatic N) is 1. The third-order valence-electron chi connectivity index (χ3n) is 1.45. The van der Waals surface area contributed by atoms with E-state index in [1.807, 2.05) is 23.5 Å². The summed E-state index contributed by atoms with van der Waals surface area (Å²) in [5, 5.41) is 11.4. The first-order chi connectivity index (χ1) is 3.88. The number of rotatable bonds is 0. The molecule has 0 spiro atoms. The fourth-order valence-electron chi connectivity index (χ4n) is 0.974. The molecule has 2 rings (SSSR count). The molecule has 0 amide bonds. The molecule has 4 heteroatoms. The smallest absolute Gasteiger partial charge is 0.0907 e. The summed E-state index contributed by atoms with van der Waals surface area (Å²) in [6.45, 7) is 0. The van der Waals surface area contributed by atoms with Crippen LogP contribution < -0.4 is 0 Å². The maximum absolute atomic E-state index is 9.12. The van der Waals surface area contributed by atoms with Crippen LogP contribution in [0.3, 0.4) is 0 Å². The van der Waals surface area contributed by atoms with Gasteiger partial charge in [-0.25, -0.2) is 0 Å². The highest BCUT2D eigenvalue weighted by molar-refractivity contribution is 8.07. The third kappa shape index (κ3) is 0.603. The van der Waals surface area contributed by atoms with Gasteiger partial charge in [-0.2, -0.15) is 5.06 Å². The van der Waals surface area contributed by atoms with Crippen molar-refractivity contribution in [1.29, 1.82) is 0 Å². The molecule has 0 aromatic carbocycles. The average molecular weight is 149 g/mol. The Morgan fingerprint density at radius 1 is 1.25 bits per heavy atom. The molecule has 0 aromatic heterocycles. The molecule has 2 aliphatic rings. The summed E-state index contributed by atoms with van der Waals surface area (Å²) in [5.41, 5.74) is 0. The van der Waals surface area contributed by atoms with E-state index >= 15 is 0 Å². The number of hydrogen-bond acceptors (Lipinski definition) is 4. The molecule has 0 saturated carbocycles. The molecular formula is C4H7NOS2. The Hall–Kier alpha value is 0.620. The van der Waals surface area contributed by atoms with Crippen molar-refractivity contribution in [3.63, 3.8) is 0 Å². The lowest BCUT2D eigenvalue weighted by molar-refractivity contribution is -0.0872. The first-order valence-electron chi connectivity index (χ1n) is 2.58. The summed E-state index contributed by atoms with van der Waals surface area (Å²) in [6.07, 6.45) is 0. The van der Waals surface area contributed by atoms with Gasteiger partial charge in [0, 0.05) is 11.5 Å². The van der Waals surface area contributed by atoms with Crippen LogP contribution in [-0.2, 0) is 0 Å². The highest BCUT2D eigenvalue weighted by Crippen LogP contribution is 2.41. The summed E-state index contributed by atoms with van der Waals surface area (Å²) in [6, 6.07) is 0. The number of fused-ring (bicyclic) bond motifs is 2. The van der Waals surface area contributed by atoms with Gasteiger partial charge in [-0.1, -0.05) is 0 Å². The molecule has 46 valence electrons. The van der Waals surface area contributed by atoms with Crippen LogP contribution in [-0.4, -0.2) is 32.5 Å². The maximum Gasteiger partial charge on any atom is 0.0907 e. The van der Waals surface area contributed by atoms with Crippen LogP contribution in [0.4, 0.5) is 0 Å². The first kappa shape index (κ1) is 5.41. The monoisotopic (exact) mass is 149 g/mol. The van der Waals surface area contributed by atoms with Crippen LogP contribution in [0.1, 0.15) is 0 Å². The predicted octanol–water partition coefficient (Wildman–Crippen LogP) is 0.823. The fraction of sp³-hybridized carbons (Fsp3) is 1.00.